The molecule has 3 rings (SSSR count). The van der Waals surface area contributed by atoms with Crippen LogP contribution in [0.15, 0.2) is 6.20 Å². The number of anilines is 1. The number of nitrogens with zero attached hydrogens (tertiary/aromatic N) is 3. The molecule has 1 aromatic heterocycles. The molecule has 0 aromatic carbocycles. The van der Waals surface area contributed by atoms with Crippen molar-refractivity contribution in [1.29, 1.82) is 0 Å². The van der Waals surface area contributed by atoms with E-state index in [-0.39, 0.29) is 18.3 Å². The molecule has 6 nitrogen and oxygen atoms in total. The Morgan fingerprint density at radius 2 is 2.04 bits per heavy atom. The normalized spacial score (nSPS) is 25.3. The van der Waals surface area contributed by atoms with Gasteiger partial charge in [0.1, 0.15) is 0 Å². The number of carbonyl (C=O) groups is 1. The van der Waals surface area contributed by atoms with Gasteiger partial charge in [-0.15, -0.1) is 23.7 Å². The fourth-order valence-corrected chi connectivity index (χ4v) is 4.49. The summed E-state index contributed by atoms with van der Waals surface area (Å²) in [5, 5.41) is 3.87. The first kappa shape index (κ1) is 20.4. The predicted octanol–water partition coefficient (Wildman–Crippen LogP) is 1.96. The molecule has 1 saturated carbocycles. The molecule has 0 radical (unpaired) electrons. The highest BCUT2D eigenvalue weighted by Gasteiger charge is 2.23. The lowest BCUT2D eigenvalue weighted by molar-refractivity contribution is -0.123. The first-order valence-electron chi connectivity index (χ1n) is 9.03. The molecule has 2 unspecified atom stereocenters. The maximum Gasteiger partial charge on any atom is 0.234 e. The van der Waals surface area contributed by atoms with Crippen molar-refractivity contribution in [3.05, 3.63) is 11.1 Å². The maximum absolute atomic E-state index is 12.3. The average molecular weight is 388 g/mol. The summed E-state index contributed by atoms with van der Waals surface area (Å²) in [5.41, 5.74) is 5.68. The van der Waals surface area contributed by atoms with Gasteiger partial charge >= 0.3 is 0 Å². The Labute approximate surface area is 160 Å². The molecular formula is C17H30ClN5OS. The molecular weight excluding hydrogens is 358 g/mol. The third-order valence-corrected chi connectivity index (χ3v) is 5.90. The minimum Gasteiger partial charge on any atom is -0.375 e. The van der Waals surface area contributed by atoms with Crippen molar-refractivity contribution in [3.63, 3.8) is 0 Å². The van der Waals surface area contributed by atoms with Gasteiger partial charge in [-0.25, -0.2) is 4.98 Å². The zero-order valence-electron chi connectivity index (χ0n) is 14.9. The van der Waals surface area contributed by atoms with Crippen LogP contribution in [0.2, 0.25) is 0 Å². The van der Waals surface area contributed by atoms with Gasteiger partial charge in [-0.1, -0.05) is 19.8 Å². The largest absolute Gasteiger partial charge is 0.375 e. The van der Waals surface area contributed by atoms with Crippen LogP contribution in [0.5, 0.6) is 0 Å². The first-order valence-corrected chi connectivity index (χ1v) is 9.84. The number of nitrogens with one attached hydrogen (secondary N) is 1. The molecule has 2 heterocycles. The van der Waals surface area contributed by atoms with Crippen LogP contribution in [-0.4, -0.2) is 59.5 Å². The van der Waals surface area contributed by atoms with Crippen LogP contribution in [0.4, 0.5) is 5.13 Å². The average Bonchev–Trinajstić information content (AvgIpc) is 2.94. The van der Waals surface area contributed by atoms with E-state index in [0.29, 0.717) is 17.7 Å². The van der Waals surface area contributed by atoms with E-state index in [0.717, 1.165) is 51.5 Å². The quantitative estimate of drug-likeness (QED) is 0.807. The minimum atomic E-state index is 0. The SMILES string of the molecule is CC1CCCC(NC(=O)CN2CCN(Cc3cnc(N)s3)CC2)C1.Cl. The number of amides is 1. The lowest BCUT2D eigenvalue weighted by atomic mass is 9.87. The zero-order chi connectivity index (χ0) is 16.9. The van der Waals surface area contributed by atoms with E-state index in [9.17, 15) is 4.79 Å². The molecule has 8 heteroatoms. The summed E-state index contributed by atoms with van der Waals surface area (Å²) in [6.07, 6.45) is 6.69. The van der Waals surface area contributed by atoms with Gasteiger partial charge in [-0.2, -0.15) is 0 Å². The minimum absolute atomic E-state index is 0. The van der Waals surface area contributed by atoms with Gasteiger partial charge in [0.15, 0.2) is 5.13 Å². The molecule has 2 atom stereocenters. The number of halogens is 1. The fourth-order valence-electron chi connectivity index (χ4n) is 3.76. The summed E-state index contributed by atoms with van der Waals surface area (Å²) in [4.78, 5) is 22.3. The maximum atomic E-state index is 12.3. The van der Waals surface area contributed by atoms with Crippen LogP contribution in [0.25, 0.3) is 0 Å². The topological polar surface area (TPSA) is 74.5 Å². The van der Waals surface area contributed by atoms with Crippen LogP contribution < -0.4 is 11.1 Å². The number of carbonyl (C=O) groups excluding carboxylic acids is 1. The Morgan fingerprint density at radius 1 is 1.32 bits per heavy atom. The van der Waals surface area contributed by atoms with Crippen LogP contribution in [-0.2, 0) is 11.3 Å². The van der Waals surface area contributed by atoms with Crippen LogP contribution in [0.1, 0.15) is 37.5 Å². The molecule has 25 heavy (non-hydrogen) atoms. The second kappa shape index (κ2) is 9.71. The molecule has 0 bridgehead atoms. The van der Waals surface area contributed by atoms with E-state index in [2.05, 4.69) is 27.0 Å². The Kier molecular flexibility index (Phi) is 7.93. The number of hydrogen-bond donors (Lipinski definition) is 2. The summed E-state index contributed by atoms with van der Waals surface area (Å²) in [7, 11) is 0. The van der Waals surface area contributed by atoms with Crippen molar-refractivity contribution < 1.29 is 4.79 Å². The smallest absolute Gasteiger partial charge is 0.234 e. The predicted molar refractivity (Wildman–Crippen MR) is 105 cm³/mol. The molecule has 0 spiro atoms. The van der Waals surface area contributed by atoms with Crippen molar-refractivity contribution in [3.8, 4) is 0 Å². The highest BCUT2D eigenvalue weighted by molar-refractivity contribution is 7.15. The molecule has 2 fully saturated rings. The van der Waals surface area contributed by atoms with Gasteiger partial charge in [-0.05, 0) is 18.8 Å². The summed E-state index contributed by atoms with van der Waals surface area (Å²) in [6, 6.07) is 0.388. The van der Waals surface area contributed by atoms with Gasteiger partial charge < -0.3 is 11.1 Å². The van der Waals surface area contributed by atoms with Gasteiger partial charge in [0.05, 0.1) is 6.54 Å². The van der Waals surface area contributed by atoms with Crippen molar-refractivity contribution in [2.24, 2.45) is 5.92 Å². The number of nitrogens with two attached hydrogens (primary N) is 1. The molecule has 2 aliphatic rings. The van der Waals surface area contributed by atoms with E-state index in [4.69, 9.17) is 5.73 Å². The first-order chi connectivity index (χ1) is 11.6. The highest BCUT2D eigenvalue weighted by Crippen LogP contribution is 2.23. The van der Waals surface area contributed by atoms with E-state index >= 15 is 0 Å². The summed E-state index contributed by atoms with van der Waals surface area (Å²) in [6.45, 7) is 7.61. The van der Waals surface area contributed by atoms with Crippen molar-refractivity contribution in [2.45, 2.75) is 45.2 Å². The number of piperazine rings is 1. The van der Waals surface area contributed by atoms with E-state index in [1.807, 2.05) is 6.20 Å². The summed E-state index contributed by atoms with van der Waals surface area (Å²) in [5.74, 6) is 0.936. The Balaban J connectivity index is 0.00000225. The summed E-state index contributed by atoms with van der Waals surface area (Å²) >= 11 is 1.56. The molecule has 142 valence electrons. The third kappa shape index (κ3) is 6.40. The van der Waals surface area contributed by atoms with Gasteiger partial charge in [0, 0.05) is 49.8 Å². The van der Waals surface area contributed by atoms with E-state index < -0.39 is 0 Å². The number of thiazole rings is 1. The molecule has 1 saturated heterocycles. The summed E-state index contributed by atoms with van der Waals surface area (Å²) < 4.78 is 0. The van der Waals surface area contributed by atoms with Crippen molar-refractivity contribution in [2.75, 3.05) is 38.5 Å². The number of rotatable bonds is 5. The molecule has 1 aliphatic heterocycles. The number of hydrogen-bond acceptors (Lipinski definition) is 6. The second-order valence-corrected chi connectivity index (χ2v) is 8.40. The standard InChI is InChI=1S/C17H29N5OS.ClH/c1-13-3-2-4-14(9-13)20-16(23)12-22-7-5-21(6-8-22)11-15-10-19-17(18)24-15;/h10,13-14H,2-9,11-12H2,1H3,(H2,18,19)(H,20,23);1H. The fraction of sp³-hybridized carbons (Fsp3) is 0.765. The lowest BCUT2D eigenvalue weighted by Crippen LogP contribution is -2.50. The molecule has 1 amide bonds. The van der Waals surface area contributed by atoms with E-state index in [1.54, 1.807) is 11.3 Å². The lowest BCUT2D eigenvalue weighted by Gasteiger charge is -2.34. The second-order valence-electron chi connectivity index (χ2n) is 7.25. The van der Waals surface area contributed by atoms with Gasteiger partial charge in [-0.3, -0.25) is 14.6 Å². The van der Waals surface area contributed by atoms with Crippen LogP contribution in [0.3, 0.4) is 0 Å². The van der Waals surface area contributed by atoms with Crippen LogP contribution >= 0.6 is 23.7 Å². The van der Waals surface area contributed by atoms with Crippen molar-refractivity contribution in [1.82, 2.24) is 20.1 Å². The number of aromatic nitrogens is 1. The highest BCUT2D eigenvalue weighted by atomic mass is 35.5. The zero-order valence-corrected chi connectivity index (χ0v) is 16.6. The van der Waals surface area contributed by atoms with Gasteiger partial charge in [0.25, 0.3) is 0 Å². The Morgan fingerprint density at radius 3 is 2.68 bits per heavy atom. The number of nitrogen functional groups attached to an aromatic ring is 1. The Hall–Kier alpha value is -0.890. The van der Waals surface area contributed by atoms with Gasteiger partial charge in [0.2, 0.25) is 5.91 Å². The Bertz CT molecular complexity index is 547. The van der Waals surface area contributed by atoms with E-state index in [1.165, 1.54) is 17.7 Å². The monoisotopic (exact) mass is 387 g/mol. The van der Waals surface area contributed by atoms with Crippen molar-refractivity contribution >= 4 is 34.8 Å². The molecule has 1 aliphatic carbocycles. The third-order valence-electron chi connectivity index (χ3n) is 5.08. The van der Waals surface area contributed by atoms with Crippen LogP contribution in [0, 0.1) is 5.92 Å². The molecule has 1 aromatic rings. The molecule has 3 N–H and O–H groups in total.